The summed E-state index contributed by atoms with van der Waals surface area (Å²) in [4.78, 5) is 4.59. The fourth-order valence-corrected chi connectivity index (χ4v) is 0. The predicted octanol–water partition coefficient (Wildman–Crippen LogP) is 0.282. The first-order valence-electron chi connectivity index (χ1n) is 1.99. The van der Waals surface area contributed by atoms with Crippen LogP contribution in [0.5, 0.6) is 0 Å². The van der Waals surface area contributed by atoms with E-state index in [9.17, 15) is 0 Å². The standard InChI is InChI=1S/C2H6Si.2CH3.Sn/c1-2-3;;;/h2H,1H2,3H3;2*1H3;. The normalized spacial score (nSPS) is 5.67. The average molecular weight is 207 g/mol. The predicted molar refractivity (Wildman–Crippen MR) is 37.6 cm³/mol. The maximum absolute atomic E-state index is 3.42. The van der Waals surface area contributed by atoms with Crippen molar-refractivity contribution in [3.8, 4) is 0 Å². The molecule has 0 atom stereocenters. The van der Waals surface area contributed by atoms with E-state index in [0.717, 1.165) is 10.2 Å². The van der Waals surface area contributed by atoms with Gasteiger partial charge in [0.05, 0.1) is 0 Å². The summed E-state index contributed by atoms with van der Waals surface area (Å²) in [6.07, 6.45) is 0. The van der Waals surface area contributed by atoms with Gasteiger partial charge in [0.2, 0.25) is 0 Å². The summed E-state index contributed by atoms with van der Waals surface area (Å²) in [6, 6.07) is 0. The molecule has 36 valence electrons. The molecule has 2 heteroatoms. The molecule has 0 N–H and O–H groups in total. The number of hydrogen-bond donors (Lipinski definition) is 0. The molecular weight excluding hydrogens is 195 g/mol. The molecule has 0 nitrogen and oxygen atoms in total. The van der Waals surface area contributed by atoms with E-state index in [2.05, 4.69) is 16.5 Å². The van der Waals surface area contributed by atoms with Crippen LogP contribution in [0, 0.1) is 0 Å². The van der Waals surface area contributed by atoms with E-state index in [1.807, 2.05) is 5.70 Å². The first-order valence-corrected chi connectivity index (χ1v) is 8.85. The van der Waals surface area contributed by atoms with E-state index in [-0.39, 0.29) is 21.1 Å². The van der Waals surface area contributed by atoms with Crippen LogP contribution >= 0.6 is 0 Å². The second kappa shape index (κ2) is 17.1. The van der Waals surface area contributed by atoms with E-state index < -0.39 is 0 Å². The van der Waals surface area contributed by atoms with Gasteiger partial charge in [-0.3, -0.25) is 0 Å². The molecular formula is C4H12SiSn. The van der Waals surface area contributed by atoms with Crippen LogP contribution in [-0.2, 0) is 0 Å². The van der Waals surface area contributed by atoms with Crippen molar-refractivity contribution in [3.63, 3.8) is 0 Å². The molecule has 0 bridgehead atoms. The van der Waals surface area contributed by atoms with Crippen LogP contribution in [0.15, 0.2) is 12.3 Å². The zero-order chi connectivity index (χ0) is 5.41. The van der Waals surface area contributed by atoms with Crippen LogP contribution in [0.1, 0.15) is 0 Å². The van der Waals surface area contributed by atoms with Gasteiger partial charge in [0, 0.05) is 10.2 Å². The molecule has 0 aromatic carbocycles. The van der Waals surface area contributed by atoms with E-state index in [1.54, 1.807) is 0 Å². The SMILES string of the molecule is C=C[SiH3].[CH3][Sn][CH3]. The van der Waals surface area contributed by atoms with Crippen molar-refractivity contribution in [1.82, 2.24) is 0 Å². The molecule has 0 aromatic heterocycles. The van der Waals surface area contributed by atoms with Crippen LogP contribution in [0.25, 0.3) is 0 Å². The Labute approximate surface area is 53.7 Å². The van der Waals surface area contributed by atoms with Gasteiger partial charge in [-0.05, 0) is 0 Å². The summed E-state index contributed by atoms with van der Waals surface area (Å²) >= 11 is 0.230. The molecule has 6 heavy (non-hydrogen) atoms. The number of hydrogen-bond acceptors (Lipinski definition) is 0. The molecule has 0 saturated carbocycles. The third kappa shape index (κ3) is 117. The molecule has 0 spiro atoms. The van der Waals surface area contributed by atoms with Crippen molar-refractivity contribution >= 4 is 31.4 Å². The fraction of sp³-hybridized carbons (Fsp3) is 0.500. The first kappa shape index (κ1) is 9.90. The third-order valence-electron chi connectivity index (χ3n) is 0. The molecule has 0 aromatic rings. The van der Waals surface area contributed by atoms with Crippen LogP contribution in [0.2, 0.25) is 9.88 Å². The Balaban J connectivity index is 0. The topological polar surface area (TPSA) is 0 Å². The van der Waals surface area contributed by atoms with Gasteiger partial charge in [-0.1, -0.05) is 0 Å². The van der Waals surface area contributed by atoms with Crippen molar-refractivity contribution in [2.75, 3.05) is 0 Å². The van der Waals surface area contributed by atoms with Crippen LogP contribution < -0.4 is 0 Å². The molecule has 2 radical (unpaired) electrons. The molecule has 0 saturated heterocycles. The third-order valence-corrected chi connectivity index (χ3v) is 0. The van der Waals surface area contributed by atoms with Gasteiger partial charge < -0.3 is 0 Å². The summed E-state index contributed by atoms with van der Waals surface area (Å²) < 4.78 is 0. The zero-order valence-electron chi connectivity index (χ0n) is 4.78. The van der Waals surface area contributed by atoms with Crippen molar-refractivity contribution in [1.29, 1.82) is 0 Å². The average Bonchev–Trinajstić information content (AvgIpc) is 1.39. The number of rotatable bonds is 0. The van der Waals surface area contributed by atoms with Crippen molar-refractivity contribution in [3.05, 3.63) is 12.3 Å². The Kier molecular flexibility index (Phi) is 28.3. The quantitative estimate of drug-likeness (QED) is 0.500. The van der Waals surface area contributed by atoms with Gasteiger partial charge >= 0.3 is 31.0 Å². The fourth-order valence-electron chi connectivity index (χ4n) is 0. The maximum atomic E-state index is 3.42. The van der Waals surface area contributed by atoms with Crippen molar-refractivity contribution < 1.29 is 0 Å². The molecule has 0 fully saturated rings. The molecule has 0 heterocycles. The summed E-state index contributed by atoms with van der Waals surface area (Å²) in [5.41, 5.74) is 1.89. The Morgan fingerprint density at radius 3 is 1.67 bits per heavy atom. The van der Waals surface area contributed by atoms with Gasteiger partial charge in [-0.15, -0.1) is 12.3 Å². The molecule has 0 unspecified atom stereocenters. The van der Waals surface area contributed by atoms with Gasteiger partial charge in [0.25, 0.3) is 0 Å². The monoisotopic (exact) mass is 208 g/mol. The van der Waals surface area contributed by atoms with Crippen molar-refractivity contribution in [2.24, 2.45) is 0 Å². The Bertz CT molecular complexity index is 21.5. The Morgan fingerprint density at radius 2 is 1.67 bits per heavy atom. The second-order valence-corrected chi connectivity index (χ2v) is 4.58. The molecule has 0 aliphatic heterocycles. The van der Waals surface area contributed by atoms with Gasteiger partial charge in [-0.2, -0.15) is 0 Å². The summed E-state index contributed by atoms with van der Waals surface area (Å²) in [5.74, 6) is 0. The molecule has 0 aliphatic carbocycles. The van der Waals surface area contributed by atoms with Crippen LogP contribution in [0.4, 0.5) is 0 Å². The zero-order valence-corrected chi connectivity index (χ0v) is 9.64. The summed E-state index contributed by atoms with van der Waals surface area (Å²) in [6.45, 7) is 3.42. The van der Waals surface area contributed by atoms with Gasteiger partial charge in [0.1, 0.15) is 0 Å². The Morgan fingerprint density at radius 1 is 1.67 bits per heavy atom. The van der Waals surface area contributed by atoms with E-state index in [4.69, 9.17) is 0 Å². The van der Waals surface area contributed by atoms with Crippen LogP contribution in [0.3, 0.4) is 0 Å². The summed E-state index contributed by atoms with van der Waals surface area (Å²) in [7, 11) is 1.13. The van der Waals surface area contributed by atoms with Crippen LogP contribution in [-0.4, -0.2) is 31.4 Å². The molecule has 0 aliphatic rings. The molecule has 0 amide bonds. The van der Waals surface area contributed by atoms with Gasteiger partial charge in [0.15, 0.2) is 0 Å². The minimum absolute atomic E-state index is 0.230. The van der Waals surface area contributed by atoms with E-state index in [1.165, 1.54) is 0 Å². The summed E-state index contributed by atoms with van der Waals surface area (Å²) in [5, 5.41) is 0. The van der Waals surface area contributed by atoms with E-state index in [0.29, 0.717) is 0 Å². The Hall–Kier alpha value is 0.756. The second-order valence-electron chi connectivity index (χ2n) is 0.908. The van der Waals surface area contributed by atoms with Gasteiger partial charge in [-0.25, -0.2) is 0 Å². The minimum atomic E-state index is 0.230. The first-order chi connectivity index (χ1) is 2.83. The van der Waals surface area contributed by atoms with Crippen molar-refractivity contribution in [2.45, 2.75) is 9.88 Å². The molecule has 0 rings (SSSR count). The van der Waals surface area contributed by atoms with E-state index >= 15 is 0 Å².